The fraction of sp³-hybridized carbons (Fsp3) is 0.150. The molecular weight excluding hydrogens is 374 g/mol. The number of aromatic nitrogens is 2. The Hall–Kier alpha value is -3.39. The van der Waals surface area contributed by atoms with Crippen molar-refractivity contribution in [2.45, 2.75) is 19.3 Å². The smallest absolute Gasteiger partial charge is 0.273 e. The predicted molar refractivity (Wildman–Crippen MR) is 108 cm³/mol. The monoisotopic (exact) mass is 391 g/mol. The van der Waals surface area contributed by atoms with Gasteiger partial charge in [0, 0.05) is 19.3 Å². The van der Waals surface area contributed by atoms with E-state index < -0.39 is 0 Å². The van der Waals surface area contributed by atoms with Crippen molar-refractivity contribution < 1.29 is 9.59 Å². The van der Waals surface area contributed by atoms with Gasteiger partial charge in [0.1, 0.15) is 10.7 Å². The molecule has 0 unspecified atom stereocenters. The van der Waals surface area contributed by atoms with Gasteiger partial charge in [-0.1, -0.05) is 59.9 Å². The molecule has 0 bridgehead atoms. The molecule has 1 aliphatic heterocycles. The van der Waals surface area contributed by atoms with Crippen LogP contribution in [0.15, 0.2) is 65.8 Å². The predicted octanol–water partition coefficient (Wildman–Crippen LogP) is 3.25. The van der Waals surface area contributed by atoms with Crippen LogP contribution >= 0.6 is 11.3 Å². The number of benzene rings is 2. The first kappa shape index (κ1) is 18.0. The van der Waals surface area contributed by atoms with Crippen LogP contribution in [0.1, 0.15) is 23.4 Å². The molecule has 2 heterocycles. The second kappa shape index (κ2) is 8.10. The molecule has 1 N–H and O–H groups in total. The van der Waals surface area contributed by atoms with Gasteiger partial charge in [-0.3, -0.25) is 14.9 Å². The van der Waals surface area contributed by atoms with Gasteiger partial charge in [-0.05, 0) is 17.7 Å². The van der Waals surface area contributed by atoms with Crippen LogP contribution in [0.5, 0.6) is 0 Å². The summed E-state index contributed by atoms with van der Waals surface area (Å²) < 4.78 is 0. The number of amides is 2. The fourth-order valence-electron chi connectivity index (χ4n) is 2.80. The van der Waals surface area contributed by atoms with E-state index in [1.165, 1.54) is 16.3 Å². The molecule has 0 spiro atoms. The third-order valence-corrected chi connectivity index (χ3v) is 5.02. The number of nitrogens with one attached hydrogen (secondary N) is 1. The molecule has 28 heavy (non-hydrogen) atoms. The van der Waals surface area contributed by atoms with Gasteiger partial charge in [0.15, 0.2) is 0 Å². The molecule has 8 heteroatoms. The molecule has 7 nitrogen and oxygen atoms in total. The molecule has 0 fully saturated rings. The highest BCUT2D eigenvalue weighted by Gasteiger charge is 2.26. The summed E-state index contributed by atoms with van der Waals surface area (Å²) in [4.78, 5) is 24.7. The third-order valence-electron chi connectivity index (χ3n) is 4.18. The van der Waals surface area contributed by atoms with E-state index in [9.17, 15) is 9.59 Å². The van der Waals surface area contributed by atoms with Crippen molar-refractivity contribution >= 4 is 39.7 Å². The van der Waals surface area contributed by atoms with Crippen molar-refractivity contribution in [3.63, 3.8) is 0 Å². The number of rotatable bonds is 5. The summed E-state index contributed by atoms with van der Waals surface area (Å²) in [6.07, 6.45) is 1.19. The van der Waals surface area contributed by atoms with E-state index in [0.717, 1.165) is 10.6 Å². The Labute approximate surface area is 165 Å². The first-order valence-corrected chi connectivity index (χ1v) is 9.64. The van der Waals surface area contributed by atoms with E-state index in [0.29, 0.717) is 29.4 Å². The quantitative estimate of drug-likeness (QED) is 0.723. The Kier molecular flexibility index (Phi) is 5.20. The minimum atomic E-state index is -0.365. The molecule has 0 aliphatic carbocycles. The lowest BCUT2D eigenvalue weighted by molar-refractivity contribution is -0.118. The Morgan fingerprint density at radius 1 is 1.00 bits per heavy atom. The van der Waals surface area contributed by atoms with Gasteiger partial charge in [0.25, 0.3) is 5.91 Å². The van der Waals surface area contributed by atoms with Gasteiger partial charge < -0.3 is 0 Å². The standard InChI is InChI=1S/C20H17N5O2S/c26-18-12-11-16(24-25(18)15-9-5-2-6-10-15)19(27)21-20-23-22-17(28-20)13-14-7-3-1-4-8-14/h1-10H,11-13H2,(H,21,23,27). The largest absolute Gasteiger partial charge is 0.295 e. The molecule has 1 aromatic heterocycles. The lowest BCUT2D eigenvalue weighted by atomic mass is 10.1. The van der Waals surface area contributed by atoms with Crippen LogP contribution in [-0.2, 0) is 16.0 Å². The topological polar surface area (TPSA) is 87.6 Å². The van der Waals surface area contributed by atoms with Crippen LogP contribution in [0.25, 0.3) is 0 Å². The van der Waals surface area contributed by atoms with Gasteiger partial charge >= 0.3 is 0 Å². The molecule has 2 amide bonds. The maximum atomic E-state index is 12.6. The summed E-state index contributed by atoms with van der Waals surface area (Å²) in [7, 11) is 0. The van der Waals surface area contributed by atoms with E-state index in [1.54, 1.807) is 12.1 Å². The van der Waals surface area contributed by atoms with Crippen molar-refractivity contribution in [3.05, 3.63) is 71.2 Å². The highest BCUT2D eigenvalue weighted by Crippen LogP contribution is 2.22. The van der Waals surface area contributed by atoms with Gasteiger partial charge in [-0.2, -0.15) is 5.10 Å². The molecule has 0 radical (unpaired) electrons. The molecule has 3 aromatic rings. The van der Waals surface area contributed by atoms with Crippen molar-refractivity contribution in [1.82, 2.24) is 10.2 Å². The van der Waals surface area contributed by atoms with Gasteiger partial charge in [-0.25, -0.2) is 5.01 Å². The summed E-state index contributed by atoms with van der Waals surface area (Å²) in [5.41, 5.74) is 2.06. The highest BCUT2D eigenvalue weighted by molar-refractivity contribution is 7.15. The van der Waals surface area contributed by atoms with Gasteiger partial charge in [-0.15, -0.1) is 10.2 Å². The summed E-state index contributed by atoms with van der Waals surface area (Å²) in [5.74, 6) is -0.500. The summed E-state index contributed by atoms with van der Waals surface area (Å²) in [5, 5.41) is 17.7. The minimum Gasteiger partial charge on any atom is -0.295 e. The van der Waals surface area contributed by atoms with E-state index in [4.69, 9.17) is 0 Å². The number of anilines is 2. The Balaban J connectivity index is 1.45. The van der Waals surface area contributed by atoms with Crippen molar-refractivity contribution in [2.24, 2.45) is 5.10 Å². The zero-order valence-corrected chi connectivity index (χ0v) is 15.7. The fourth-order valence-corrected chi connectivity index (χ4v) is 3.57. The van der Waals surface area contributed by atoms with E-state index in [2.05, 4.69) is 20.6 Å². The first-order chi connectivity index (χ1) is 13.7. The van der Waals surface area contributed by atoms with E-state index in [-0.39, 0.29) is 18.2 Å². The number of hydrazone groups is 1. The average Bonchev–Trinajstić information content (AvgIpc) is 3.16. The Morgan fingerprint density at radius 3 is 2.46 bits per heavy atom. The molecule has 0 atom stereocenters. The van der Waals surface area contributed by atoms with Gasteiger partial charge in [0.2, 0.25) is 11.0 Å². The summed E-state index contributed by atoms with van der Waals surface area (Å²) in [6.45, 7) is 0. The lowest BCUT2D eigenvalue weighted by Gasteiger charge is -2.22. The maximum absolute atomic E-state index is 12.6. The van der Waals surface area contributed by atoms with Crippen LogP contribution in [0, 0.1) is 0 Å². The van der Waals surface area contributed by atoms with Crippen LogP contribution in [0.2, 0.25) is 0 Å². The number of hydrogen-bond donors (Lipinski definition) is 1. The van der Waals surface area contributed by atoms with Crippen molar-refractivity contribution in [1.29, 1.82) is 0 Å². The molecule has 0 saturated heterocycles. The number of para-hydroxylation sites is 1. The lowest BCUT2D eigenvalue weighted by Crippen LogP contribution is -2.36. The first-order valence-electron chi connectivity index (χ1n) is 8.82. The third kappa shape index (κ3) is 4.12. The number of carbonyl (C=O) groups excluding carboxylic acids is 2. The average molecular weight is 391 g/mol. The van der Waals surface area contributed by atoms with Crippen LogP contribution in [0.4, 0.5) is 10.8 Å². The molecule has 1 aliphatic rings. The van der Waals surface area contributed by atoms with Crippen molar-refractivity contribution in [3.8, 4) is 0 Å². The molecule has 140 valence electrons. The number of carbonyl (C=O) groups is 2. The molecule has 0 saturated carbocycles. The Bertz CT molecular complexity index is 1020. The van der Waals surface area contributed by atoms with Crippen LogP contribution in [0.3, 0.4) is 0 Å². The van der Waals surface area contributed by atoms with Gasteiger partial charge in [0.05, 0.1) is 5.69 Å². The second-order valence-corrected chi connectivity index (χ2v) is 7.27. The van der Waals surface area contributed by atoms with E-state index in [1.807, 2.05) is 48.5 Å². The zero-order chi connectivity index (χ0) is 19.3. The maximum Gasteiger partial charge on any atom is 0.273 e. The molecule has 4 rings (SSSR count). The molecular formula is C20H17N5O2S. The minimum absolute atomic E-state index is 0.135. The van der Waals surface area contributed by atoms with Crippen LogP contribution in [-0.4, -0.2) is 27.7 Å². The van der Waals surface area contributed by atoms with Crippen LogP contribution < -0.4 is 10.3 Å². The Morgan fingerprint density at radius 2 is 1.71 bits per heavy atom. The second-order valence-electron chi connectivity index (χ2n) is 6.21. The highest BCUT2D eigenvalue weighted by atomic mass is 32.1. The normalized spacial score (nSPS) is 13.9. The zero-order valence-electron chi connectivity index (χ0n) is 14.9. The number of nitrogens with zero attached hydrogens (tertiary/aromatic N) is 4. The number of hydrogen-bond acceptors (Lipinski definition) is 6. The summed E-state index contributed by atoms with van der Waals surface area (Å²) >= 11 is 1.33. The van der Waals surface area contributed by atoms with E-state index >= 15 is 0 Å². The molecule has 2 aromatic carbocycles. The van der Waals surface area contributed by atoms with Crippen molar-refractivity contribution in [2.75, 3.05) is 10.3 Å². The SMILES string of the molecule is O=C(Nc1nnc(Cc2ccccc2)s1)C1=NN(c2ccccc2)C(=O)CC1. The summed E-state index contributed by atoms with van der Waals surface area (Å²) in [6, 6.07) is 19.0.